The molecule has 0 amide bonds. The molecule has 2 rings (SSSR count). The van der Waals surface area contributed by atoms with Gasteiger partial charge in [0.25, 0.3) is 0 Å². The van der Waals surface area contributed by atoms with Gasteiger partial charge in [-0.1, -0.05) is 36.7 Å². The van der Waals surface area contributed by atoms with E-state index in [1.165, 1.54) is 0 Å². The predicted octanol–water partition coefficient (Wildman–Crippen LogP) is 2.58. The molecule has 0 spiro atoms. The smallest absolute Gasteiger partial charge is 0.138 e. The minimum atomic E-state index is -0.154. The zero-order chi connectivity index (χ0) is 13.0. The number of nitrogens with two attached hydrogens (primary N) is 1. The third kappa shape index (κ3) is 2.89. The Kier molecular flexibility index (Phi) is 4.33. The molecular formula is C13H17ClN4. The van der Waals surface area contributed by atoms with Crippen LogP contribution in [0, 0.1) is 0 Å². The van der Waals surface area contributed by atoms with Gasteiger partial charge in [-0.2, -0.15) is 5.10 Å². The van der Waals surface area contributed by atoms with Crippen molar-refractivity contribution in [3.63, 3.8) is 0 Å². The van der Waals surface area contributed by atoms with Gasteiger partial charge < -0.3 is 5.73 Å². The summed E-state index contributed by atoms with van der Waals surface area (Å²) in [6, 6.07) is 7.50. The quantitative estimate of drug-likeness (QED) is 0.903. The number of aryl methyl sites for hydroxylation is 1. The highest BCUT2D eigenvalue weighted by molar-refractivity contribution is 6.31. The van der Waals surface area contributed by atoms with E-state index in [4.69, 9.17) is 17.3 Å². The molecule has 18 heavy (non-hydrogen) atoms. The lowest BCUT2D eigenvalue weighted by Gasteiger charge is -2.13. The first-order valence-electron chi connectivity index (χ1n) is 6.09. The van der Waals surface area contributed by atoms with Crippen molar-refractivity contribution in [3.8, 4) is 0 Å². The zero-order valence-corrected chi connectivity index (χ0v) is 11.1. The molecule has 0 aliphatic carbocycles. The SMILES string of the molecule is CCCn1ncnc1CC(N)c1ccccc1Cl. The second-order valence-electron chi connectivity index (χ2n) is 4.23. The molecular weight excluding hydrogens is 248 g/mol. The predicted molar refractivity (Wildman–Crippen MR) is 72.4 cm³/mol. The molecule has 96 valence electrons. The summed E-state index contributed by atoms with van der Waals surface area (Å²) in [6.07, 6.45) is 3.24. The Bertz CT molecular complexity index is 509. The Morgan fingerprint density at radius 3 is 2.89 bits per heavy atom. The van der Waals surface area contributed by atoms with Gasteiger partial charge in [0.1, 0.15) is 12.2 Å². The molecule has 1 atom stereocenters. The Labute approximate surface area is 112 Å². The molecule has 4 nitrogen and oxygen atoms in total. The maximum atomic E-state index is 6.19. The maximum absolute atomic E-state index is 6.19. The number of halogens is 1. The molecule has 0 aliphatic rings. The third-order valence-corrected chi connectivity index (χ3v) is 3.18. The van der Waals surface area contributed by atoms with Crippen LogP contribution in [0.25, 0.3) is 0 Å². The van der Waals surface area contributed by atoms with E-state index in [9.17, 15) is 0 Å². The zero-order valence-electron chi connectivity index (χ0n) is 10.4. The number of benzene rings is 1. The number of hydrogen-bond acceptors (Lipinski definition) is 3. The number of hydrogen-bond donors (Lipinski definition) is 1. The standard InChI is InChI=1S/C13H17ClN4/c1-2-7-18-13(16-9-17-18)8-12(15)10-5-3-4-6-11(10)14/h3-6,9,12H,2,7-8,15H2,1H3. The first kappa shape index (κ1) is 13.1. The Morgan fingerprint density at radius 1 is 1.39 bits per heavy atom. The van der Waals surface area contributed by atoms with Crippen LogP contribution in [0.15, 0.2) is 30.6 Å². The lowest BCUT2D eigenvalue weighted by atomic mass is 10.0. The van der Waals surface area contributed by atoms with E-state index in [-0.39, 0.29) is 6.04 Å². The average Bonchev–Trinajstić information content (AvgIpc) is 2.78. The molecule has 1 aromatic carbocycles. The highest BCUT2D eigenvalue weighted by Crippen LogP contribution is 2.23. The fraction of sp³-hybridized carbons (Fsp3) is 0.385. The second-order valence-corrected chi connectivity index (χ2v) is 4.64. The first-order valence-corrected chi connectivity index (χ1v) is 6.47. The molecule has 0 radical (unpaired) electrons. The number of aromatic nitrogens is 3. The van der Waals surface area contributed by atoms with Crippen molar-refractivity contribution in [2.24, 2.45) is 5.73 Å². The van der Waals surface area contributed by atoms with Gasteiger partial charge >= 0.3 is 0 Å². The van der Waals surface area contributed by atoms with Crippen molar-refractivity contribution in [2.75, 3.05) is 0 Å². The van der Waals surface area contributed by atoms with E-state index >= 15 is 0 Å². The summed E-state index contributed by atoms with van der Waals surface area (Å²) in [5.41, 5.74) is 7.14. The van der Waals surface area contributed by atoms with Crippen molar-refractivity contribution in [1.82, 2.24) is 14.8 Å². The van der Waals surface area contributed by atoms with Crippen LogP contribution in [0.1, 0.15) is 30.8 Å². The largest absolute Gasteiger partial charge is 0.324 e. The van der Waals surface area contributed by atoms with Crippen LogP contribution in [-0.4, -0.2) is 14.8 Å². The number of rotatable bonds is 5. The van der Waals surface area contributed by atoms with Gasteiger partial charge in [-0.15, -0.1) is 0 Å². The van der Waals surface area contributed by atoms with Gasteiger partial charge in [-0.3, -0.25) is 4.68 Å². The summed E-state index contributed by atoms with van der Waals surface area (Å²) in [4.78, 5) is 4.26. The summed E-state index contributed by atoms with van der Waals surface area (Å²) >= 11 is 6.14. The summed E-state index contributed by atoms with van der Waals surface area (Å²) in [5.74, 6) is 0.907. The van der Waals surface area contributed by atoms with Crippen LogP contribution in [0.3, 0.4) is 0 Å². The lowest BCUT2D eigenvalue weighted by molar-refractivity contribution is 0.548. The summed E-state index contributed by atoms with van der Waals surface area (Å²) in [6.45, 7) is 2.98. The molecule has 0 saturated carbocycles. The topological polar surface area (TPSA) is 56.7 Å². The summed E-state index contributed by atoms with van der Waals surface area (Å²) < 4.78 is 1.90. The van der Waals surface area contributed by atoms with Crippen LogP contribution in [0.4, 0.5) is 0 Å². The minimum absolute atomic E-state index is 0.154. The molecule has 1 aromatic heterocycles. The van der Waals surface area contributed by atoms with E-state index in [1.54, 1.807) is 6.33 Å². The van der Waals surface area contributed by atoms with E-state index < -0.39 is 0 Å². The summed E-state index contributed by atoms with van der Waals surface area (Å²) in [7, 11) is 0. The molecule has 1 heterocycles. The Balaban J connectivity index is 2.14. The fourth-order valence-corrected chi connectivity index (χ4v) is 2.20. The van der Waals surface area contributed by atoms with E-state index in [0.717, 1.165) is 24.4 Å². The molecule has 2 N–H and O–H groups in total. The van der Waals surface area contributed by atoms with Crippen molar-refractivity contribution in [2.45, 2.75) is 32.4 Å². The van der Waals surface area contributed by atoms with Gasteiger partial charge in [0.05, 0.1) is 0 Å². The summed E-state index contributed by atoms with van der Waals surface area (Å²) in [5, 5.41) is 4.89. The van der Waals surface area contributed by atoms with Crippen LogP contribution in [-0.2, 0) is 13.0 Å². The van der Waals surface area contributed by atoms with Crippen molar-refractivity contribution >= 4 is 11.6 Å². The van der Waals surface area contributed by atoms with Crippen LogP contribution in [0.5, 0.6) is 0 Å². The first-order chi connectivity index (χ1) is 8.72. The van der Waals surface area contributed by atoms with E-state index in [2.05, 4.69) is 17.0 Å². The van der Waals surface area contributed by atoms with Gasteiger partial charge in [0, 0.05) is 24.0 Å². The monoisotopic (exact) mass is 264 g/mol. The third-order valence-electron chi connectivity index (χ3n) is 2.84. The van der Waals surface area contributed by atoms with Crippen LogP contribution < -0.4 is 5.73 Å². The van der Waals surface area contributed by atoms with Gasteiger partial charge in [-0.25, -0.2) is 4.98 Å². The maximum Gasteiger partial charge on any atom is 0.138 e. The van der Waals surface area contributed by atoms with Gasteiger partial charge in [0.15, 0.2) is 0 Å². The normalized spacial score (nSPS) is 12.6. The molecule has 5 heteroatoms. The van der Waals surface area contributed by atoms with Crippen LogP contribution in [0.2, 0.25) is 5.02 Å². The Morgan fingerprint density at radius 2 is 2.17 bits per heavy atom. The molecule has 0 bridgehead atoms. The van der Waals surface area contributed by atoms with Gasteiger partial charge in [0.2, 0.25) is 0 Å². The lowest BCUT2D eigenvalue weighted by Crippen LogP contribution is -2.17. The highest BCUT2D eigenvalue weighted by atomic mass is 35.5. The molecule has 1 unspecified atom stereocenters. The second kappa shape index (κ2) is 5.98. The average molecular weight is 265 g/mol. The van der Waals surface area contributed by atoms with Crippen LogP contribution >= 0.6 is 11.6 Å². The molecule has 0 fully saturated rings. The van der Waals surface area contributed by atoms with Crippen molar-refractivity contribution in [1.29, 1.82) is 0 Å². The Hall–Kier alpha value is -1.39. The van der Waals surface area contributed by atoms with E-state index in [1.807, 2.05) is 28.9 Å². The highest BCUT2D eigenvalue weighted by Gasteiger charge is 2.13. The molecule has 0 saturated heterocycles. The van der Waals surface area contributed by atoms with E-state index in [0.29, 0.717) is 11.4 Å². The minimum Gasteiger partial charge on any atom is -0.324 e. The van der Waals surface area contributed by atoms with Crippen molar-refractivity contribution in [3.05, 3.63) is 47.0 Å². The fourth-order valence-electron chi connectivity index (χ4n) is 1.93. The molecule has 2 aromatic rings. The molecule has 0 aliphatic heterocycles. The van der Waals surface area contributed by atoms with Gasteiger partial charge in [-0.05, 0) is 18.1 Å². The number of nitrogens with zero attached hydrogens (tertiary/aromatic N) is 3. The van der Waals surface area contributed by atoms with Crippen molar-refractivity contribution < 1.29 is 0 Å².